The SMILES string of the molecule is CCCCO[C@H]1/C=C/C[C@@H]2C[C@@]2(C)S(=O)(=O)NC(=O)c2ccc3c(c2)N(CCCCc2cc(Cl)ccc2CO3)C[C@@H]2CC[C@H]21. The molecule has 2 heterocycles. The van der Waals surface area contributed by atoms with E-state index in [-0.39, 0.29) is 12.0 Å². The number of aryl methyl sites for hydroxylation is 1. The van der Waals surface area contributed by atoms with Crippen LogP contribution in [0, 0.1) is 17.8 Å². The van der Waals surface area contributed by atoms with Gasteiger partial charge >= 0.3 is 0 Å². The molecule has 5 atom stereocenters. The van der Waals surface area contributed by atoms with E-state index < -0.39 is 20.7 Å². The smallest absolute Gasteiger partial charge is 0.264 e. The van der Waals surface area contributed by atoms with Crippen LogP contribution in [-0.4, -0.2) is 44.9 Å². The van der Waals surface area contributed by atoms with Crippen LogP contribution in [0.5, 0.6) is 5.75 Å². The normalized spacial score (nSPS) is 30.6. The highest BCUT2D eigenvalue weighted by Crippen LogP contribution is 2.52. The Morgan fingerprint density at radius 3 is 2.80 bits per heavy atom. The Morgan fingerprint density at radius 1 is 1.14 bits per heavy atom. The largest absolute Gasteiger partial charge is 0.487 e. The van der Waals surface area contributed by atoms with E-state index in [1.807, 2.05) is 30.3 Å². The Labute approximate surface area is 267 Å². The number of amides is 1. The number of nitrogens with one attached hydrogen (secondary N) is 1. The first-order valence-corrected chi connectivity index (χ1v) is 18.2. The second-order valence-corrected chi connectivity index (χ2v) is 15.9. The van der Waals surface area contributed by atoms with Crippen LogP contribution in [0.4, 0.5) is 5.69 Å². The van der Waals surface area contributed by atoms with Crippen LogP contribution in [0.25, 0.3) is 0 Å². The van der Waals surface area contributed by atoms with Crippen molar-refractivity contribution < 1.29 is 22.7 Å². The van der Waals surface area contributed by atoms with Crippen LogP contribution in [-0.2, 0) is 27.8 Å². The second kappa shape index (κ2) is 13.1. The van der Waals surface area contributed by atoms with Crippen molar-refractivity contribution in [2.24, 2.45) is 17.8 Å². The number of fused-ring (bicyclic) bond motifs is 4. The summed E-state index contributed by atoms with van der Waals surface area (Å²) in [7, 11) is -3.87. The Morgan fingerprint density at radius 2 is 2.00 bits per heavy atom. The highest BCUT2D eigenvalue weighted by atomic mass is 35.5. The molecule has 1 N–H and O–H groups in total. The van der Waals surface area contributed by atoms with Crippen LogP contribution in [0.15, 0.2) is 48.6 Å². The van der Waals surface area contributed by atoms with Crippen molar-refractivity contribution in [3.63, 3.8) is 0 Å². The number of rotatable bonds is 4. The number of hydrogen-bond donors (Lipinski definition) is 1. The van der Waals surface area contributed by atoms with Crippen molar-refractivity contribution in [1.82, 2.24) is 4.72 Å². The molecule has 44 heavy (non-hydrogen) atoms. The average Bonchev–Trinajstić information content (AvgIpc) is 3.66. The van der Waals surface area contributed by atoms with Gasteiger partial charge in [-0.15, -0.1) is 0 Å². The monoisotopic (exact) mass is 640 g/mol. The first-order valence-electron chi connectivity index (χ1n) is 16.3. The maximum Gasteiger partial charge on any atom is 0.264 e. The summed E-state index contributed by atoms with van der Waals surface area (Å²) in [4.78, 5) is 15.8. The molecule has 2 aromatic carbocycles. The van der Waals surface area contributed by atoms with Crippen molar-refractivity contribution in [1.29, 1.82) is 0 Å². The molecule has 9 heteroatoms. The third-order valence-corrected chi connectivity index (χ3v) is 12.8. The lowest BCUT2D eigenvalue weighted by Crippen LogP contribution is -2.44. The number of unbranched alkanes of at least 4 members (excludes halogenated alkanes) is 1. The zero-order valence-corrected chi connectivity index (χ0v) is 27.5. The van der Waals surface area contributed by atoms with Crippen molar-refractivity contribution in [3.05, 3.63) is 70.3 Å². The minimum absolute atomic E-state index is 0.0137. The third-order valence-electron chi connectivity index (χ3n) is 10.3. The van der Waals surface area contributed by atoms with Gasteiger partial charge in [0.2, 0.25) is 10.0 Å². The summed E-state index contributed by atoms with van der Waals surface area (Å²) >= 11 is 6.34. The Kier molecular flexibility index (Phi) is 9.32. The van der Waals surface area contributed by atoms with E-state index in [2.05, 4.69) is 28.7 Å². The lowest BCUT2D eigenvalue weighted by molar-refractivity contribution is -0.0148. The van der Waals surface area contributed by atoms with E-state index in [1.54, 1.807) is 13.0 Å². The number of sulfonamides is 1. The summed E-state index contributed by atoms with van der Waals surface area (Å²) in [5, 5.41) is 0.724. The number of carbonyl (C=O) groups excluding carboxylic acids is 1. The molecule has 2 aromatic rings. The molecule has 4 aliphatic rings. The maximum absolute atomic E-state index is 13.4. The van der Waals surface area contributed by atoms with Gasteiger partial charge in [-0.25, -0.2) is 13.1 Å². The average molecular weight is 641 g/mol. The van der Waals surface area contributed by atoms with Gasteiger partial charge in [0.15, 0.2) is 0 Å². The summed E-state index contributed by atoms with van der Waals surface area (Å²) in [6.45, 7) is 6.66. The van der Waals surface area contributed by atoms with Gasteiger partial charge in [-0.3, -0.25) is 4.79 Å². The predicted molar refractivity (Wildman–Crippen MR) is 175 cm³/mol. The molecule has 7 nitrogen and oxygen atoms in total. The summed E-state index contributed by atoms with van der Waals surface area (Å²) in [6, 6.07) is 11.3. The number of allylic oxidation sites excluding steroid dienone is 1. The van der Waals surface area contributed by atoms with Gasteiger partial charge in [0.1, 0.15) is 12.4 Å². The fourth-order valence-electron chi connectivity index (χ4n) is 7.07. The van der Waals surface area contributed by atoms with Crippen LogP contribution in [0.3, 0.4) is 0 Å². The van der Waals surface area contributed by atoms with Crippen LogP contribution >= 0.6 is 11.6 Å². The highest BCUT2D eigenvalue weighted by molar-refractivity contribution is 7.91. The van der Waals surface area contributed by atoms with E-state index in [0.29, 0.717) is 42.6 Å². The van der Waals surface area contributed by atoms with Crippen molar-refractivity contribution in [2.75, 3.05) is 24.6 Å². The zero-order valence-electron chi connectivity index (χ0n) is 25.9. The van der Waals surface area contributed by atoms with Crippen LogP contribution in [0.1, 0.15) is 86.7 Å². The molecule has 238 valence electrons. The lowest BCUT2D eigenvalue weighted by Gasteiger charge is -2.44. The maximum atomic E-state index is 13.4. The van der Waals surface area contributed by atoms with E-state index in [4.69, 9.17) is 21.1 Å². The number of benzene rings is 2. The number of carbonyl (C=O) groups is 1. The zero-order chi connectivity index (χ0) is 30.9. The molecule has 6 rings (SSSR count). The number of anilines is 1. The van der Waals surface area contributed by atoms with Crippen LogP contribution < -0.4 is 14.4 Å². The van der Waals surface area contributed by atoms with Gasteiger partial charge in [0.05, 0.1) is 16.5 Å². The van der Waals surface area contributed by atoms with Gasteiger partial charge in [-0.2, -0.15) is 0 Å². The van der Waals surface area contributed by atoms with Crippen molar-refractivity contribution >= 4 is 33.2 Å². The Bertz CT molecular complexity index is 1510. The molecule has 0 aromatic heterocycles. The van der Waals surface area contributed by atoms with E-state index in [1.165, 1.54) is 5.56 Å². The molecule has 0 radical (unpaired) electrons. The number of halogens is 1. The van der Waals surface area contributed by atoms with Crippen LogP contribution in [0.2, 0.25) is 5.02 Å². The number of hydrogen-bond acceptors (Lipinski definition) is 6. The Hall–Kier alpha value is -2.55. The van der Waals surface area contributed by atoms with Crippen molar-refractivity contribution in [3.8, 4) is 5.75 Å². The van der Waals surface area contributed by atoms with Gasteiger partial charge in [0.25, 0.3) is 5.91 Å². The van der Waals surface area contributed by atoms with E-state index in [0.717, 1.165) is 80.9 Å². The van der Waals surface area contributed by atoms with Gasteiger partial charge < -0.3 is 14.4 Å². The minimum atomic E-state index is -3.87. The highest BCUT2D eigenvalue weighted by Gasteiger charge is 2.59. The number of ether oxygens (including phenoxy) is 2. The van der Waals surface area contributed by atoms with Crippen molar-refractivity contribution in [2.45, 2.75) is 89.1 Å². The molecule has 0 spiro atoms. The molecular weight excluding hydrogens is 596 g/mol. The Balaban J connectivity index is 1.37. The molecule has 2 aliphatic heterocycles. The van der Waals surface area contributed by atoms with E-state index in [9.17, 15) is 13.2 Å². The lowest BCUT2D eigenvalue weighted by atomic mass is 9.70. The standard InChI is InChI=1S/C35H45ClN2O5S/c1-3-4-18-42-32-10-7-9-28-21-35(28,2)44(40,41)37-34(39)25-13-16-33-31(20-25)38(22-26-12-15-30(26)32)17-6-5-8-24-19-29(36)14-11-27(24)23-43-33/h7,10-11,13-14,16,19-20,26,28,30,32H,3-6,8-9,12,15,17-18,21-23H2,1-2H3,(H,37,39)/b10-7+/t26-,28+,30+,32-,35+/m0/s1. The first kappa shape index (κ1) is 31.4. The molecular formula is C35H45ClN2O5S. The summed E-state index contributed by atoms with van der Waals surface area (Å²) in [5.74, 6) is 0.902. The molecule has 2 bridgehead atoms. The minimum Gasteiger partial charge on any atom is -0.487 e. The molecule has 0 saturated heterocycles. The number of nitrogens with zero attached hydrogens (tertiary/aromatic N) is 1. The predicted octanol–water partition coefficient (Wildman–Crippen LogP) is 7.07. The first-order chi connectivity index (χ1) is 21.2. The molecule has 2 saturated carbocycles. The molecule has 0 unspecified atom stereocenters. The van der Waals surface area contributed by atoms with Gasteiger partial charge in [0, 0.05) is 30.3 Å². The topological polar surface area (TPSA) is 84.9 Å². The quantitative estimate of drug-likeness (QED) is 0.284. The van der Waals surface area contributed by atoms with Gasteiger partial charge in [-0.05, 0) is 118 Å². The third kappa shape index (κ3) is 6.54. The fraction of sp³-hybridized carbons (Fsp3) is 0.571. The second-order valence-electron chi connectivity index (χ2n) is 13.3. The molecule has 2 fully saturated rings. The molecule has 2 aliphatic carbocycles. The van der Waals surface area contributed by atoms with Gasteiger partial charge in [-0.1, -0.05) is 43.2 Å². The summed E-state index contributed by atoms with van der Waals surface area (Å²) < 4.78 is 41.3. The summed E-state index contributed by atoms with van der Waals surface area (Å²) in [6.07, 6.45) is 12.7. The van der Waals surface area contributed by atoms with E-state index >= 15 is 0 Å². The fourth-order valence-corrected chi connectivity index (χ4v) is 8.81. The summed E-state index contributed by atoms with van der Waals surface area (Å²) in [5.41, 5.74) is 3.45. The molecule has 1 amide bonds.